The Hall–Kier alpha value is -0.970. The molecule has 0 amide bonds. The number of ether oxygens (including phenoxy) is 1. The zero-order valence-electron chi connectivity index (χ0n) is 14.3. The van der Waals surface area contributed by atoms with Gasteiger partial charge in [-0.25, -0.2) is 0 Å². The molecule has 3 fully saturated rings. The van der Waals surface area contributed by atoms with Gasteiger partial charge in [-0.2, -0.15) is 0 Å². The molecule has 3 aliphatic heterocycles. The van der Waals surface area contributed by atoms with Gasteiger partial charge >= 0.3 is 0 Å². The first-order valence-electron chi connectivity index (χ1n) is 9.22. The van der Waals surface area contributed by atoms with Crippen molar-refractivity contribution < 1.29 is 4.74 Å². The van der Waals surface area contributed by atoms with E-state index < -0.39 is 0 Å². The van der Waals surface area contributed by atoms with Crippen LogP contribution in [0.5, 0.6) is 0 Å². The quantitative estimate of drug-likeness (QED) is 0.853. The second kappa shape index (κ2) is 6.50. The summed E-state index contributed by atoms with van der Waals surface area (Å²) in [7, 11) is 0. The highest BCUT2D eigenvalue weighted by atomic mass is 16.5. The molecule has 3 aliphatic rings. The van der Waals surface area contributed by atoms with E-state index in [4.69, 9.17) is 4.74 Å². The average molecular weight is 315 g/mol. The van der Waals surface area contributed by atoms with E-state index in [9.17, 15) is 0 Å². The maximum atomic E-state index is 6.33. The van der Waals surface area contributed by atoms with Crippen molar-refractivity contribution in [1.29, 1.82) is 0 Å². The van der Waals surface area contributed by atoms with Gasteiger partial charge in [0.1, 0.15) is 0 Å². The molecular formula is C19H29N3O. The van der Waals surface area contributed by atoms with Gasteiger partial charge in [-0.3, -0.25) is 9.88 Å². The maximum Gasteiger partial charge on any atom is 0.0935 e. The summed E-state index contributed by atoms with van der Waals surface area (Å²) in [6, 6.07) is 6.30. The van der Waals surface area contributed by atoms with Gasteiger partial charge in [0, 0.05) is 31.9 Å². The highest BCUT2D eigenvalue weighted by Gasteiger charge is 2.46. The second-order valence-corrected chi connectivity index (χ2v) is 7.82. The molecule has 0 N–H and O–H groups in total. The molecule has 0 saturated carbocycles. The third-order valence-electron chi connectivity index (χ3n) is 5.70. The van der Waals surface area contributed by atoms with Gasteiger partial charge in [0.05, 0.1) is 17.9 Å². The van der Waals surface area contributed by atoms with E-state index in [2.05, 4.69) is 39.9 Å². The van der Waals surface area contributed by atoms with Crippen molar-refractivity contribution in [3.63, 3.8) is 0 Å². The normalized spacial score (nSPS) is 28.1. The first-order valence-corrected chi connectivity index (χ1v) is 9.22. The molecule has 1 spiro atoms. The Labute approximate surface area is 139 Å². The Morgan fingerprint density at radius 1 is 1.22 bits per heavy atom. The summed E-state index contributed by atoms with van der Waals surface area (Å²) in [4.78, 5) is 9.71. The minimum atomic E-state index is 0.158. The smallest absolute Gasteiger partial charge is 0.0935 e. The standard InChI is InChI=1S/C19H29N3O/c1-16-5-4-6-18(20-16)12-22-14-19(15-22)8-7-17(13-23-19)11-21-9-2-3-10-21/h4-6,17H,2-3,7-15H2,1H3/t17-/m1/s1. The van der Waals surface area contributed by atoms with Crippen molar-refractivity contribution in [2.24, 2.45) is 5.92 Å². The van der Waals surface area contributed by atoms with Crippen LogP contribution < -0.4 is 0 Å². The van der Waals surface area contributed by atoms with Crippen molar-refractivity contribution in [2.45, 2.75) is 44.8 Å². The highest BCUT2D eigenvalue weighted by molar-refractivity contribution is 5.11. The lowest BCUT2D eigenvalue weighted by Gasteiger charge is -2.53. The zero-order valence-corrected chi connectivity index (χ0v) is 14.3. The SMILES string of the molecule is Cc1cccc(CN2CC3(CC[C@H](CN4CCCC4)CO3)C2)n1. The van der Waals surface area contributed by atoms with Crippen LogP contribution in [0.3, 0.4) is 0 Å². The third-order valence-corrected chi connectivity index (χ3v) is 5.70. The van der Waals surface area contributed by atoms with Crippen LogP contribution in [0.4, 0.5) is 0 Å². The van der Waals surface area contributed by atoms with Gasteiger partial charge in [0.25, 0.3) is 0 Å². The fourth-order valence-corrected chi connectivity index (χ4v) is 4.44. The molecule has 4 nitrogen and oxygen atoms in total. The monoisotopic (exact) mass is 315 g/mol. The molecule has 0 aromatic carbocycles. The molecule has 126 valence electrons. The Balaban J connectivity index is 1.22. The molecule has 4 heteroatoms. The number of aryl methyl sites for hydroxylation is 1. The van der Waals surface area contributed by atoms with Gasteiger partial charge in [-0.1, -0.05) is 6.07 Å². The summed E-state index contributed by atoms with van der Waals surface area (Å²) < 4.78 is 6.33. The largest absolute Gasteiger partial charge is 0.372 e. The van der Waals surface area contributed by atoms with E-state index in [1.807, 2.05) is 0 Å². The molecule has 0 radical (unpaired) electrons. The fourth-order valence-electron chi connectivity index (χ4n) is 4.44. The molecular weight excluding hydrogens is 286 g/mol. The van der Waals surface area contributed by atoms with Gasteiger partial charge < -0.3 is 9.64 Å². The number of pyridine rings is 1. The van der Waals surface area contributed by atoms with Crippen LogP contribution in [-0.2, 0) is 11.3 Å². The van der Waals surface area contributed by atoms with Crippen molar-refractivity contribution in [1.82, 2.24) is 14.8 Å². The first kappa shape index (κ1) is 15.6. The number of likely N-dealkylation sites (tertiary alicyclic amines) is 2. The van der Waals surface area contributed by atoms with Gasteiger partial charge in [0.2, 0.25) is 0 Å². The van der Waals surface area contributed by atoms with Gasteiger partial charge in [-0.15, -0.1) is 0 Å². The topological polar surface area (TPSA) is 28.6 Å². The number of aromatic nitrogens is 1. The summed E-state index contributed by atoms with van der Waals surface area (Å²) in [5.41, 5.74) is 2.45. The summed E-state index contributed by atoms with van der Waals surface area (Å²) >= 11 is 0. The summed E-state index contributed by atoms with van der Waals surface area (Å²) in [6.45, 7) is 10.0. The van der Waals surface area contributed by atoms with Crippen LogP contribution in [0, 0.1) is 12.8 Å². The van der Waals surface area contributed by atoms with Crippen LogP contribution in [0.1, 0.15) is 37.1 Å². The van der Waals surface area contributed by atoms with E-state index in [0.29, 0.717) is 0 Å². The fraction of sp³-hybridized carbons (Fsp3) is 0.737. The summed E-state index contributed by atoms with van der Waals surface area (Å²) in [5.74, 6) is 0.756. The number of hydrogen-bond acceptors (Lipinski definition) is 4. The predicted octanol–water partition coefficient (Wildman–Crippen LogP) is 2.47. The Morgan fingerprint density at radius 3 is 2.74 bits per heavy atom. The Bertz CT molecular complexity index is 525. The predicted molar refractivity (Wildman–Crippen MR) is 91.3 cm³/mol. The molecule has 3 saturated heterocycles. The van der Waals surface area contributed by atoms with Gasteiger partial charge in [0.15, 0.2) is 0 Å². The van der Waals surface area contributed by atoms with Crippen molar-refractivity contribution in [2.75, 3.05) is 39.3 Å². The minimum Gasteiger partial charge on any atom is -0.372 e. The molecule has 4 rings (SSSR count). The molecule has 4 heterocycles. The lowest BCUT2D eigenvalue weighted by molar-refractivity contribution is -0.183. The number of rotatable bonds is 4. The van der Waals surface area contributed by atoms with Crippen molar-refractivity contribution >= 4 is 0 Å². The maximum absolute atomic E-state index is 6.33. The second-order valence-electron chi connectivity index (χ2n) is 7.82. The lowest BCUT2D eigenvalue weighted by atomic mass is 9.82. The van der Waals surface area contributed by atoms with Crippen LogP contribution in [0.25, 0.3) is 0 Å². The molecule has 0 bridgehead atoms. The zero-order chi connectivity index (χ0) is 15.7. The number of hydrogen-bond donors (Lipinski definition) is 0. The van der Waals surface area contributed by atoms with Crippen LogP contribution >= 0.6 is 0 Å². The van der Waals surface area contributed by atoms with Crippen molar-refractivity contribution in [3.05, 3.63) is 29.6 Å². The molecule has 1 atom stereocenters. The van der Waals surface area contributed by atoms with E-state index in [1.54, 1.807) is 0 Å². The Morgan fingerprint density at radius 2 is 2.04 bits per heavy atom. The molecule has 0 aliphatic carbocycles. The summed E-state index contributed by atoms with van der Waals surface area (Å²) in [5, 5.41) is 0. The molecule has 1 aromatic rings. The summed E-state index contributed by atoms with van der Waals surface area (Å²) in [6.07, 6.45) is 5.36. The Kier molecular flexibility index (Phi) is 4.39. The van der Waals surface area contributed by atoms with Crippen LogP contribution in [0.2, 0.25) is 0 Å². The van der Waals surface area contributed by atoms with Gasteiger partial charge in [-0.05, 0) is 63.7 Å². The lowest BCUT2D eigenvalue weighted by Crippen LogP contribution is -2.64. The molecule has 0 unspecified atom stereocenters. The van der Waals surface area contributed by atoms with E-state index in [1.165, 1.54) is 51.0 Å². The molecule has 23 heavy (non-hydrogen) atoms. The van der Waals surface area contributed by atoms with E-state index in [0.717, 1.165) is 37.9 Å². The van der Waals surface area contributed by atoms with E-state index >= 15 is 0 Å². The number of nitrogens with zero attached hydrogens (tertiary/aromatic N) is 3. The minimum absolute atomic E-state index is 0.158. The van der Waals surface area contributed by atoms with Crippen LogP contribution in [-0.4, -0.2) is 59.7 Å². The third kappa shape index (κ3) is 3.59. The van der Waals surface area contributed by atoms with Crippen LogP contribution in [0.15, 0.2) is 18.2 Å². The highest BCUT2D eigenvalue weighted by Crippen LogP contribution is 2.37. The molecule has 1 aromatic heterocycles. The first-order chi connectivity index (χ1) is 11.2. The van der Waals surface area contributed by atoms with Crippen molar-refractivity contribution in [3.8, 4) is 0 Å². The van der Waals surface area contributed by atoms with E-state index in [-0.39, 0.29) is 5.60 Å². The average Bonchev–Trinajstić information content (AvgIpc) is 3.01.